The Balaban J connectivity index is 2.06. The van der Waals surface area contributed by atoms with Gasteiger partial charge in [0.1, 0.15) is 5.69 Å². The first-order valence-electron chi connectivity index (χ1n) is 4.39. The van der Waals surface area contributed by atoms with Gasteiger partial charge in [-0.15, -0.1) is 0 Å². The third-order valence-electron chi connectivity index (χ3n) is 2.23. The van der Waals surface area contributed by atoms with Crippen molar-refractivity contribution in [3.8, 4) is 0 Å². The number of fused-ring (bicyclic) bond motifs is 1. The first-order chi connectivity index (χ1) is 6.81. The van der Waals surface area contributed by atoms with Crippen LogP contribution in [0.5, 0.6) is 0 Å². The lowest BCUT2D eigenvalue weighted by atomic mass is 10.1. The second-order valence-corrected chi connectivity index (χ2v) is 3.08. The Kier molecular flexibility index (Phi) is 2.45. The van der Waals surface area contributed by atoms with E-state index in [1.165, 1.54) is 7.11 Å². The Morgan fingerprint density at radius 2 is 2.36 bits per heavy atom. The zero-order valence-electron chi connectivity index (χ0n) is 7.82. The van der Waals surface area contributed by atoms with Crippen molar-refractivity contribution in [2.75, 3.05) is 7.11 Å². The predicted octanol–water partition coefficient (Wildman–Crippen LogP) is -0.191. The fraction of sp³-hybridized carbons (Fsp3) is 0.625. The molecule has 6 nitrogen and oxygen atoms in total. The van der Waals surface area contributed by atoms with Gasteiger partial charge in [-0.3, -0.25) is 0 Å². The number of nitrogens with zero attached hydrogens (tertiary/aromatic N) is 2. The fourth-order valence-electron chi connectivity index (χ4n) is 1.44. The minimum atomic E-state index is -0.490. The number of rotatable bonds is 1. The zero-order chi connectivity index (χ0) is 9.97. The molecule has 14 heavy (non-hydrogen) atoms. The van der Waals surface area contributed by atoms with Gasteiger partial charge in [0, 0.05) is 0 Å². The van der Waals surface area contributed by atoms with Crippen LogP contribution in [0.4, 0.5) is 0 Å². The average molecular weight is 197 g/mol. The summed E-state index contributed by atoms with van der Waals surface area (Å²) < 4.78 is 9.95. The molecule has 2 heterocycles. The summed E-state index contributed by atoms with van der Waals surface area (Å²) in [5.74, 6) is -0.334. The van der Waals surface area contributed by atoms with Crippen LogP contribution in [0.25, 0.3) is 0 Å². The van der Waals surface area contributed by atoms with E-state index in [0.717, 1.165) is 11.4 Å². The number of carbonyl (C=O) groups excluding carboxylic acids is 1. The number of hydrogen-bond acceptors (Lipinski definition) is 5. The Labute approximate surface area is 80.6 Å². The van der Waals surface area contributed by atoms with Gasteiger partial charge < -0.3 is 9.47 Å². The molecule has 2 rings (SSSR count). The Morgan fingerprint density at radius 1 is 1.57 bits per heavy atom. The largest absolute Gasteiger partial charge is 0.467 e. The van der Waals surface area contributed by atoms with Crippen molar-refractivity contribution >= 4 is 5.97 Å². The molecular formula is C8H11N3O3. The van der Waals surface area contributed by atoms with Crippen LogP contribution in [-0.4, -0.2) is 34.6 Å². The van der Waals surface area contributed by atoms with Gasteiger partial charge in [0.15, 0.2) is 6.10 Å². The minimum Gasteiger partial charge on any atom is -0.467 e. The number of esters is 1. The molecule has 0 spiro atoms. The summed E-state index contributed by atoms with van der Waals surface area (Å²) in [5.41, 5.74) is 1.65. The standard InChI is InChI=1S/C8H11N3O3/c1-13-8(12)7-3-2-5-6(4-14-7)10-11-9-5/h7H,2-4H2,1H3,(H,9,10,11). The normalized spacial score (nSPS) is 21.1. The van der Waals surface area contributed by atoms with Crippen molar-refractivity contribution < 1.29 is 14.3 Å². The number of nitrogens with one attached hydrogen (secondary N) is 1. The van der Waals surface area contributed by atoms with E-state index in [1.54, 1.807) is 0 Å². The van der Waals surface area contributed by atoms with Crippen LogP contribution in [0.15, 0.2) is 0 Å². The highest BCUT2D eigenvalue weighted by Gasteiger charge is 2.25. The Morgan fingerprint density at radius 3 is 3.14 bits per heavy atom. The van der Waals surface area contributed by atoms with Crippen molar-refractivity contribution in [3.63, 3.8) is 0 Å². The number of aryl methyl sites for hydroxylation is 1. The molecule has 1 unspecified atom stereocenters. The molecule has 6 heteroatoms. The molecular weight excluding hydrogens is 186 g/mol. The zero-order valence-corrected chi connectivity index (χ0v) is 7.82. The maximum Gasteiger partial charge on any atom is 0.334 e. The van der Waals surface area contributed by atoms with E-state index in [1.807, 2.05) is 0 Å². The molecule has 1 aromatic heterocycles. The van der Waals surface area contributed by atoms with Gasteiger partial charge in [0.05, 0.1) is 19.4 Å². The third kappa shape index (κ3) is 1.60. The summed E-state index contributed by atoms with van der Waals surface area (Å²) in [7, 11) is 1.36. The lowest BCUT2D eigenvalue weighted by molar-refractivity contribution is -0.155. The Bertz CT molecular complexity index is 314. The molecule has 0 bridgehead atoms. The summed E-state index contributed by atoms with van der Waals surface area (Å²) in [5, 5.41) is 10.4. The smallest absolute Gasteiger partial charge is 0.334 e. The van der Waals surface area contributed by atoms with E-state index in [0.29, 0.717) is 19.4 Å². The molecule has 76 valence electrons. The van der Waals surface area contributed by atoms with Crippen molar-refractivity contribution in [2.24, 2.45) is 0 Å². The van der Waals surface area contributed by atoms with Gasteiger partial charge in [-0.2, -0.15) is 15.4 Å². The maximum atomic E-state index is 11.2. The SMILES string of the molecule is COC(=O)C1CCc2n[nH]nc2CO1. The van der Waals surface area contributed by atoms with Crippen LogP contribution in [0.1, 0.15) is 17.8 Å². The molecule has 1 atom stereocenters. The topological polar surface area (TPSA) is 77.1 Å². The Hall–Kier alpha value is -1.43. The van der Waals surface area contributed by atoms with Crippen LogP contribution in [0.3, 0.4) is 0 Å². The summed E-state index contributed by atoms with van der Waals surface area (Å²) in [6.07, 6.45) is 0.786. The number of ether oxygens (including phenoxy) is 2. The van der Waals surface area contributed by atoms with Gasteiger partial charge in [-0.1, -0.05) is 0 Å². The highest BCUT2D eigenvalue weighted by molar-refractivity contribution is 5.74. The molecule has 0 aliphatic carbocycles. The lowest BCUT2D eigenvalue weighted by Crippen LogP contribution is -2.24. The molecule has 1 aliphatic heterocycles. The van der Waals surface area contributed by atoms with Gasteiger partial charge in [0.25, 0.3) is 0 Å². The van der Waals surface area contributed by atoms with Gasteiger partial charge in [-0.05, 0) is 12.8 Å². The highest BCUT2D eigenvalue weighted by Crippen LogP contribution is 2.16. The molecule has 0 saturated carbocycles. The number of hydrogen-bond donors (Lipinski definition) is 1. The fourth-order valence-corrected chi connectivity index (χ4v) is 1.44. The van der Waals surface area contributed by atoms with Crippen LogP contribution in [-0.2, 0) is 27.3 Å². The summed E-state index contributed by atoms with van der Waals surface area (Å²) >= 11 is 0. The number of carbonyl (C=O) groups is 1. The molecule has 0 aromatic carbocycles. The van der Waals surface area contributed by atoms with Crippen molar-refractivity contribution in [2.45, 2.75) is 25.6 Å². The van der Waals surface area contributed by atoms with E-state index in [4.69, 9.17) is 4.74 Å². The van der Waals surface area contributed by atoms with Gasteiger partial charge >= 0.3 is 5.97 Å². The van der Waals surface area contributed by atoms with Gasteiger partial charge in [0.2, 0.25) is 0 Å². The second-order valence-electron chi connectivity index (χ2n) is 3.08. The van der Waals surface area contributed by atoms with Crippen molar-refractivity contribution in [1.82, 2.24) is 15.4 Å². The van der Waals surface area contributed by atoms with E-state index < -0.39 is 6.10 Å². The van der Waals surface area contributed by atoms with Gasteiger partial charge in [-0.25, -0.2) is 4.79 Å². The van der Waals surface area contributed by atoms with E-state index in [9.17, 15) is 4.79 Å². The monoisotopic (exact) mass is 197 g/mol. The molecule has 0 fully saturated rings. The molecule has 0 saturated heterocycles. The quantitative estimate of drug-likeness (QED) is 0.631. The van der Waals surface area contributed by atoms with E-state index >= 15 is 0 Å². The average Bonchev–Trinajstić information content (AvgIpc) is 2.56. The summed E-state index contributed by atoms with van der Waals surface area (Å²) in [6.45, 7) is 0.311. The van der Waals surface area contributed by atoms with Crippen molar-refractivity contribution in [3.05, 3.63) is 11.4 Å². The number of methoxy groups -OCH3 is 1. The lowest BCUT2D eigenvalue weighted by Gasteiger charge is -2.10. The van der Waals surface area contributed by atoms with Crippen LogP contribution in [0, 0.1) is 0 Å². The molecule has 1 aliphatic rings. The highest BCUT2D eigenvalue weighted by atomic mass is 16.6. The minimum absolute atomic E-state index is 0.311. The summed E-state index contributed by atoms with van der Waals surface area (Å²) in [6, 6.07) is 0. The van der Waals surface area contributed by atoms with E-state index in [-0.39, 0.29) is 5.97 Å². The first kappa shape index (κ1) is 9.14. The van der Waals surface area contributed by atoms with Crippen molar-refractivity contribution in [1.29, 1.82) is 0 Å². The molecule has 0 amide bonds. The summed E-state index contributed by atoms with van der Waals surface area (Å²) in [4.78, 5) is 11.2. The number of aromatic amines is 1. The van der Waals surface area contributed by atoms with Crippen LogP contribution >= 0.6 is 0 Å². The number of aromatic nitrogens is 3. The van der Waals surface area contributed by atoms with E-state index in [2.05, 4.69) is 20.1 Å². The molecule has 1 aromatic rings. The number of H-pyrrole nitrogens is 1. The van der Waals surface area contributed by atoms with Crippen LogP contribution in [0.2, 0.25) is 0 Å². The molecule has 1 N–H and O–H groups in total. The third-order valence-corrected chi connectivity index (χ3v) is 2.23. The molecule has 0 radical (unpaired) electrons. The van der Waals surface area contributed by atoms with Crippen LogP contribution < -0.4 is 0 Å². The maximum absolute atomic E-state index is 11.2. The predicted molar refractivity (Wildman–Crippen MR) is 45.3 cm³/mol. The second kappa shape index (κ2) is 3.75. The first-order valence-corrected chi connectivity index (χ1v) is 4.39.